The normalized spacial score (nSPS) is 11.0. The van der Waals surface area contributed by atoms with E-state index in [1.165, 1.54) is 0 Å². The van der Waals surface area contributed by atoms with Crippen LogP contribution >= 0.6 is 0 Å². The minimum Gasteiger partial charge on any atom is -0.319 e. The van der Waals surface area contributed by atoms with Gasteiger partial charge in [0.05, 0.1) is 46.3 Å². The third-order valence-corrected chi connectivity index (χ3v) is 13.2. The Morgan fingerprint density at radius 1 is 0.397 bits per heavy atom. The van der Waals surface area contributed by atoms with Gasteiger partial charge in [0.25, 0.3) is 0 Å². The molecule has 0 aliphatic carbocycles. The van der Waals surface area contributed by atoms with Gasteiger partial charge >= 0.3 is 0 Å². The van der Waals surface area contributed by atoms with E-state index in [4.69, 9.17) is 16.5 Å². The van der Waals surface area contributed by atoms with Crippen LogP contribution in [-0.2, 0) is 0 Å². The number of hydrogen-bond donors (Lipinski definition) is 0. The van der Waals surface area contributed by atoms with E-state index in [9.17, 15) is 5.26 Å². The van der Waals surface area contributed by atoms with Crippen LogP contribution in [0.25, 0.3) is 77.4 Å². The van der Waals surface area contributed by atoms with Crippen LogP contribution in [0.2, 0.25) is 0 Å². The first-order valence-electron chi connectivity index (χ1n) is 24.1. The van der Waals surface area contributed by atoms with Crippen molar-refractivity contribution in [2.45, 2.75) is 0 Å². The summed E-state index contributed by atoms with van der Waals surface area (Å²) in [6.45, 7) is 8.68. The number of rotatable bonds is 11. The fraction of sp³-hybridized carbons (Fsp3) is 0. The summed E-state index contributed by atoms with van der Waals surface area (Å²) in [7, 11) is 0. The van der Waals surface area contributed by atoms with Gasteiger partial charge in [0.15, 0.2) is 5.82 Å². The molecule has 73 heavy (non-hydrogen) atoms. The molecule has 0 saturated carbocycles. The van der Waals surface area contributed by atoms with E-state index in [0.717, 1.165) is 89.6 Å². The number of hydrogen-bond acceptors (Lipinski definition) is 5. The maximum Gasteiger partial charge on any atom is 0.211 e. The van der Waals surface area contributed by atoms with Gasteiger partial charge in [0, 0.05) is 61.6 Å². The molecule has 7 heteroatoms. The molecule has 2 heterocycles. The van der Waals surface area contributed by atoms with Crippen LogP contribution in [0.4, 0.5) is 39.8 Å². The smallest absolute Gasteiger partial charge is 0.211 e. The summed E-state index contributed by atoms with van der Waals surface area (Å²) in [5, 5.41) is 13.0. The lowest BCUT2D eigenvalue weighted by Gasteiger charge is -2.26. The maximum absolute atomic E-state index is 11.0. The zero-order chi connectivity index (χ0) is 49.1. The number of nitrogens with zero attached hydrogens (tertiary/aromatic N) is 7. The largest absolute Gasteiger partial charge is 0.319 e. The summed E-state index contributed by atoms with van der Waals surface area (Å²) in [5.74, 6) is 0.636. The van der Waals surface area contributed by atoms with E-state index in [0.29, 0.717) is 28.3 Å². The molecule has 0 N–H and O–H groups in total. The Bertz CT molecular complexity index is 3740. The van der Waals surface area contributed by atoms with Gasteiger partial charge < -0.3 is 14.4 Å². The third kappa shape index (κ3) is 8.40. The Morgan fingerprint density at radius 2 is 0.795 bits per heavy atom. The first-order chi connectivity index (χ1) is 36.1. The average molecular weight is 934 g/mol. The van der Waals surface area contributed by atoms with Crippen molar-refractivity contribution in [2.24, 2.45) is 0 Å². The second-order valence-corrected chi connectivity index (χ2v) is 17.6. The van der Waals surface area contributed by atoms with Crippen molar-refractivity contribution in [1.82, 2.24) is 14.5 Å². The number of anilines is 6. The van der Waals surface area contributed by atoms with Crippen molar-refractivity contribution >= 4 is 61.6 Å². The monoisotopic (exact) mass is 933 g/mol. The van der Waals surface area contributed by atoms with Gasteiger partial charge in [-0.15, -0.1) is 0 Å². The predicted octanol–water partition coefficient (Wildman–Crippen LogP) is 17.6. The highest BCUT2D eigenvalue weighted by Gasteiger charge is 2.23. The summed E-state index contributed by atoms with van der Waals surface area (Å²) < 4.78 is 2.15. The molecule has 0 amide bonds. The molecule has 0 radical (unpaired) electrons. The quantitative estimate of drug-likeness (QED) is 0.121. The van der Waals surface area contributed by atoms with Crippen LogP contribution in [0.1, 0.15) is 5.56 Å². The van der Waals surface area contributed by atoms with E-state index >= 15 is 0 Å². The molecule has 0 aliphatic heterocycles. The summed E-state index contributed by atoms with van der Waals surface area (Å²) in [4.78, 5) is 18.7. The van der Waals surface area contributed by atoms with E-state index in [-0.39, 0.29) is 0 Å². The molecule has 12 rings (SSSR count). The lowest BCUT2D eigenvalue weighted by molar-refractivity contribution is 1.18. The zero-order valence-electron chi connectivity index (χ0n) is 39.5. The Balaban J connectivity index is 1.01. The Morgan fingerprint density at radius 3 is 1.22 bits per heavy atom. The molecule has 342 valence electrons. The Kier molecular flexibility index (Phi) is 11.6. The Hall–Kier alpha value is -10.3. The van der Waals surface area contributed by atoms with Gasteiger partial charge in [-0.2, -0.15) is 5.26 Å². The van der Waals surface area contributed by atoms with Gasteiger partial charge in [-0.05, 0) is 114 Å². The summed E-state index contributed by atoms with van der Waals surface area (Å²) in [6, 6.07) is 91.1. The van der Waals surface area contributed by atoms with Crippen molar-refractivity contribution < 1.29 is 0 Å². The van der Waals surface area contributed by atoms with Gasteiger partial charge in [-0.25, -0.2) is 14.8 Å². The number of para-hydroxylation sites is 4. The molecule has 7 nitrogen and oxygen atoms in total. The summed E-state index contributed by atoms with van der Waals surface area (Å²) >= 11 is 0. The topological polar surface area (TPSA) is 65.3 Å². The van der Waals surface area contributed by atoms with Crippen LogP contribution in [0.15, 0.2) is 261 Å². The van der Waals surface area contributed by atoms with E-state index in [2.05, 4.69) is 171 Å². The van der Waals surface area contributed by atoms with Gasteiger partial charge in [0.1, 0.15) is 0 Å². The second-order valence-electron chi connectivity index (χ2n) is 17.6. The molecule has 0 unspecified atom stereocenters. The fourth-order valence-corrected chi connectivity index (χ4v) is 9.81. The molecular weight excluding hydrogens is 891 g/mol. The standard InChI is InChI=1S/C66H43N7/c1-68-62-43-57(46-32-34-48(35-33-46)61-44-60(47-20-8-2-9-21-47)69-66(70-61)49-22-10-3-11-23-49)50(45-67)40-65(62)73-63-38-36-55(71(51-24-12-4-13-25-51)52-26-14-5-15-27-52)41-58(63)59-42-56(37-39-64(59)73)72(53-28-16-6-17-29-53)54-30-18-7-19-31-54/h2-44H. The van der Waals surface area contributed by atoms with Gasteiger partial charge in [-0.3, -0.25) is 0 Å². The second kappa shape index (κ2) is 19.2. The number of fused-ring (bicyclic) bond motifs is 3. The molecule has 0 bridgehead atoms. The number of aromatic nitrogens is 3. The van der Waals surface area contributed by atoms with Crippen molar-refractivity contribution in [2.75, 3.05) is 9.80 Å². The van der Waals surface area contributed by atoms with Crippen LogP contribution in [0.3, 0.4) is 0 Å². The fourth-order valence-electron chi connectivity index (χ4n) is 9.81. The van der Waals surface area contributed by atoms with E-state index in [1.54, 1.807) is 0 Å². The molecule has 0 fully saturated rings. The average Bonchev–Trinajstić information content (AvgIpc) is 3.79. The molecule has 10 aromatic carbocycles. The maximum atomic E-state index is 11.0. The minimum absolute atomic E-state index is 0.422. The summed E-state index contributed by atoms with van der Waals surface area (Å²) in [6.07, 6.45) is 0. The van der Waals surface area contributed by atoms with Crippen molar-refractivity contribution in [3.8, 4) is 56.8 Å². The zero-order valence-corrected chi connectivity index (χ0v) is 39.5. The van der Waals surface area contributed by atoms with Crippen molar-refractivity contribution in [1.29, 1.82) is 5.26 Å². The van der Waals surface area contributed by atoms with Gasteiger partial charge in [-0.1, -0.05) is 158 Å². The highest BCUT2D eigenvalue weighted by molar-refractivity contribution is 6.12. The van der Waals surface area contributed by atoms with Crippen LogP contribution in [-0.4, -0.2) is 14.5 Å². The Labute approximate surface area is 423 Å². The van der Waals surface area contributed by atoms with Crippen LogP contribution < -0.4 is 9.80 Å². The lowest BCUT2D eigenvalue weighted by atomic mass is 9.96. The molecule has 0 aliphatic rings. The highest BCUT2D eigenvalue weighted by atomic mass is 15.2. The minimum atomic E-state index is 0.422. The first kappa shape index (κ1) is 43.9. The predicted molar refractivity (Wildman–Crippen MR) is 298 cm³/mol. The lowest BCUT2D eigenvalue weighted by Crippen LogP contribution is -2.09. The summed E-state index contributed by atoms with van der Waals surface area (Å²) in [5.41, 5.74) is 15.3. The van der Waals surface area contributed by atoms with Crippen molar-refractivity contribution in [3.63, 3.8) is 0 Å². The number of benzene rings is 10. The number of nitriles is 1. The molecular formula is C66H43N7. The molecule has 2 aromatic heterocycles. The van der Waals surface area contributed by atoms with E-state index in [1.807, 2.05) is 115 Å². The van der Waals surface area contributed by atoms with Gasteiger partial charge in [0.2, 0.25) is 5.69 Å². The third-order valence-electron chi connectivity index (χ3n) is 13.2. The molecule has 0 spiro atoms. The van der Waals surface area contributed by atoms with E-state index < -0.39 is 0 Å². The first-order valence-corrected chi connectivity index (χ1v) is 24.1. The van der Waals surface area contributed by atoms with Crippen LogP contribution in [0, 0.1) is 17.9 Å². The highest BCUT2D eigenvalue weighted by Crippen LogP contribution is 2.45. The molecule has 0 saturated heterocycles. The SMILES string of the molecule is [C-]#[N+]c1cc(-c2ccc(-c3cc(-c4ccccc4)nc(-c4ccccc4)n3)cc2)c(C#N)cc1-n1c2ccc(N(c3ccccc3)c3ccccc3)cc2c2cc(N(c3ccccc3)c3ccccc3)ccc21. The van der Waals surface area contributed by atoms with Crippen LogP contribution in [0.5, 0.6) is 0 Å². The van der Waals surface area contributed by atoms with Crippen molar-refractivity contribution in [3.05, 3.63) is 278 Å². The molecule has 12 aromatic rings. The molecule has 0 atom stereocenters.